The lowest BCUT2D eigenvalue weighted by Crippen LogP contribution is -2.33. The topological polar surface area (TPSA) is 64.0 Å². The van der Waals surface area contributed by atoms with Gasteiger partial charge >= 0.3 is 0 Å². The van der Waals surface area contributed by atoms with Crippen molar-refractivity contribution in [2.45, 2.75) is 53.0 Å². The third-order valence-corrected chi connectivity index (χ3v) is 5.30. The van der Waals surface area contributed by atoms with Crippen molar-refractivity contribution in [2.24, 2.45) is 0 Å². The van der Waals surface area contributed by atoms with Crippen LogP contribution in [0, 0.1) is 13.8 Å². The molecule has 0 radical (unpaired) electrons. The lowest BCUT2D eigenvalue weighted by Gasteiger charge is -2.22. The molecule has 1 amide bonds. The quantitative estimate of drug-likeness (QED) is 0.722. The van der Waals surface area contributed by atoms with Gasteiger partial charge in [-0.05, 0) is 60.1 Å². The maximum Gasteiger partial charge on any atom is 0.261 e. The lowest BCUT2D eigenvalue weighted by atomic mass is 9.83. The second-order valence-electron chi connectivity index (χ2n) is 8.63. The summed E-state index contributed by atoms with van der Waals surface area (Å²) in [7, 11) is 0. The fourth-order valence-corrected chi connectivity index (χ4v) is 3.58. The highest BCUT2D eigenvalue weighted by Crippen LogP contribution is 2.27. The SMILES string of the molecule is Cc1cc(C(C)(C)C)cc(C)c1CCNC(=O)Cn1cnc2ccccc2c1=O. The van der Waals surface area contributed by atoms with Crippen LogP contribution in [0.3, 0.4) is 0 Å². The molecule has 0 aliphatic rings. The van der Waals surface area contributed by atoms with E-state index in [4.69, 9.17) is 0 Å². The number of rotatable bonds is 5. The highest BCUT2D eigenvalue weighted by molar-refractivity contribution is 5.78. The Hall–Kier alpha value is -2.95. The number of benzene rings is 2. The number of para-hydroxylation sites is 1. The molecule has 3 rings (SSSR count). The normalized spacial score (nSPS) is 11.6. The Bertz CT molecular complexity index is 1080. The van der Waals surface area contributed by atoms with Crippen molar-refractivity contribution >= 4 is 16.8 Å². The molecule has 0 atom stereocenters. The van der Waals surface area contributed by atoms with E-state index in [9.17, 15) is 9.59 Å². The van der Waals surface area contributed by atoms with Crippen LogP contribution in [0.5, 0.6) is 0 Å². The van der Waals surface area contributed by atoms with Crippen LogP contribution in [0.15, 0.2) is 47.5 Å². The van der Waals surface area contributed by atoms with Gasteiger partial charge in [0.1, 0.15) is 6.54 Å². The van der Waals surface area contributed by atoms with E-state index < -0.39 is 0 Å². The highest BCUT2D eigenvalue weighted by Gasteiger charge is 2.16. The van der Waals surface area contributed by atoms with Crippen molar-refractivity contribution in [1.82, 2.24) is 14.9 Å². The van der Waals surface area contributed by atoms with Gasteiger partial charge in [0.25, 0.3) is 5.56 Å². The molecule has 3 aromatic rings. The third-order valence-electron chi connectivity index (χ3n) is 5.30. The molecule has 152 valence electrons. The first-order chi connectivity index (χ1) is 13.7. The van der Waals surface area contributed by atoms with Crippen LogP contribution in [0.1, 0.15) is 43.0 Å². The van der Waals surface area contributed by atoms with Gasteiger partial charge in [-0.15, -0.1) is 0 Å². The number of fused-ring (bicyclic) bond motifs is 1. The molecule has 29 heavy (non-hydrogen) atoms. The molecule has 1 aromatic heterocycles. The summed E-state index contributed by atoms with van der Waals surface area (Å²) in [5.74, 6) is -0.189. The second kappa shape index (κ2) is 8.19. The molecule has 0 saturated carbocycles. The van der Waals surface area contributed by atoms with E-state index in [-0.39, 0.29) is 23.4 Å². The van der Waals surface area contributed by atoms with Crippen LogP contribution in [0.2, 0.25) is 0 Å². The summed E-state index contributed by atoms with van der Waals surface area (Å²) in [6, 6.07) is 11.6. The Balaban J connectivity index is 1.64. The van der Waals surface area contributed by atoms with Crippen LogP contribution in [-0.4, -0.2) is 22.0 Å². The maximum absolute atomic E-state index is 12.5. The standard InChI is InChI=1S/C24H29N3O2/c1-16-12-18(24(3,4)5)13-17(2)19(16)10-11-25-22(28)14-27-15-26-21-9-7-6-8-20(21)23(27)29/h6-9,12-13,15H,10-11,14H2,1-5H3,(H,25,28). The van der Waals surface area contributed by atoms with Crippen molar-refractivity contribution < 1.29 is 4.79 Å². The zero-order valence-electron chi connectivity index (χ0n) is 17.9. The van der Waals surface area contributed by atoms with E-state index in [1.54, 1.807) is 18.2 Å². The zero-order chi connectivity index (χ0) is 21.2. The minimum Gasteiger partial charge on any atom is -0.354 e. The van der Waals surface area contributed by atoms with Gasteiger partial charge in [0.15, 0.2) is 0 Å². The number of nitrogens with zero attached hydrogens (tertiary/aromatic N) is 2. The first kappa shape index (κ1) is 20.8. The van der Waals surface area contributed by atoms with Crippen molar-refractivity contribution in [2.75, 3.05) is 6.54 Å². The Morgan fingerprint density at radius 3 is 2.41 bits per heavy atom. The Morgan fingerprint density at radius 2 is 1.76 bits per heavy atom. The molecular formula is C24H29N3O2. The monoisotopic (exact) mass is 391 g/mol. The third kappa shape index (κ3) is 4.73. The van der Waals surface area contributed by atoms with Crippen LogP contribution in [0.25, 0.3) is 10.9 Å². The smallest absolute Gasteiger partial charge is 0.261 e. The molecule has 2 aromatic carbocycles. The van der Waals surface area contributed by atoms with Crippen LogP contribution in [0.4, 0.5) is 0 Å². The fourth-order valence-electron chi connectivity index (χ4n) is 3.58. The van der Waals surface area contributed by atoms with Gasteiger partial charge < -0.3 is 5.32 Å². The molecule has 0 fully saturated rings. The first-order valence-corrected chi connectivity index (χ1v) is 9.98. The summed E-state index contributed by atoms with van der Waals surface area (Å²) in [6.07, 6.45) is 2.20. The predicted molar refractivity (Wildman–Crippen MR) is 117 cm³/mol. The first-order valence-electron chi connectivity index (χ1n) is 9.98. The Kier molecular flexibility index (Phi) is 5.87. The van der Waals surface area contributed by atoms with Crippen LogP contribution < -0.4 is 10.9 Å². The molecule has 0 aliphatic carbocycles. The molecule has 0 unspecified atom stereocenters. The highest BCUT2D eigenvalue weighted by atomic mass is 16.2. The van der Waals surface area contributed by atoms with Crippen LogP contribution >= 0.6 is 0 Å². The van der Waals surface area contributed by atoms with Gasteiger partial charge in [-0.25, -0.2) is 4.98 Å². The van der Waals surface area contributed by atoms with Gasteiger partial charge in [0.05, 0.1) is 17.2 Å². The van der Waals surface area contributed by atoms with Gasteiger partial charge in [0.2, 0.25) is 5.91 Å². The summed E-state index contributed by atoms with van der Waals surface area (Å²) in [5.41, 5.74) is 5.64. The average molecular weight is 392 g/mol. The van der Waals surface area contributed by atoms with E-state index in [0.29, 0.717) is 17.4 Å². The largest absolute Gasteiger partial charge is 0.354 e. The van der Waals surface area contributed by atoms with Gasteiger partial charge in [-0.2, -0.15) is 0 Å². The molecule has 0 spiro atoms. The molecule has 5 nitrogen and oxygen atoms in total. The second-order valence-corrected chi connectivity index (χ2v) is 8.63. The van der Waals surface area contributed by atoms with E-state index in [0.717, 1.165) is 6.42 Å². The number of aromatic nitrogens is 2. The summed E-state index contributed by atoms with van der Waals surface area (Å²) in [4.78, 5) is 29.1. The lowest BCUT2D eigenvalue weighted by molar-refractivity contribution is -0.121. The van der Waals surface area contributed by atoms with E-state index in [1.807, 2.05) is 6.07 Å². The van der Waals surface area contributed by atoms with Crippen LogP contribution in [-0.2, 0) is 23.2 Å². The Labute approximate surface area is 171 Å². The van der Waals surface area contributed by atoms with Gasteiger partial charge in [-0.3, -0.25) is 14.2 Å². The average Bonchev–Trinajstić information content (AvgIpc) is 2.65. The molecular weight excluding hydrogens is 362 g/mol. The minimum atomic E-state index is -0.199. The summed E-state index contributed by atoms with van der Waals surface area (Å²) in [5, 5.41) is 3.45. The van der Waals surface area contributed by atoms with Crippen molar-refractivity contribution in [3.05, 3.63) is 75.3 Å². The number of hydrogen-bond acceptors (Lipinski definition) is 3. The molecule has 0 saturated heterocycles. The molecule has 5 heteroatoms. The molecule has 0 bridgehead atoms. The van der Waals surface area contributed by atoms with E-state index in [1.165, 1.54) is 33.1 Å². The summed E-state index contributed by atoms with van der Waals surface area (Å²) >= 11 is 0. The molecule has 1 heterocycles. The van der Waals surface area contributed by atoms with Gasteiger partial charge in [0, 0.05) is 6.54 Å². The van der Waals surface area contributed by atoms with Gasteiger partial charge in [-0.1, -0.05) is 45.0 Å². The Morgan fingerprint density at radius 1 is 1.10 bits per heavy atom. The maximum atomic E-state index is 12.5. The predicted octanol–water partition coefficient (Wildman–Crippen LogP) is 3.67. The van der Waals surface area contributed by atoms with Crippen molar-refractivity contribution in [1.29, 1.82) is 0 Å². The zero-order valence-corrected chi connectivity index (χ0v) is 17.9. The number of hydrogen-bond donors (Lipinski definition) is 1. The summed E-state index contributed by atoms with van der Waals surface area (Å²) < 4.78 is 1.35. The van der Waals surface area contributed by atoms with Crippen molar-refractivity contribution in [3.63, 3.8) is 0 Å². The summed E-state index contributed by atoms with van der Waals surface area (Å²) in [6.45, 7) is 11.4. The number of nitrogens with one attached hydrogen (secondary N) is 1. The molecule has 0 aliphatic heterocycles. The number of amides is 1. The minimum absolute atomic E-state index is 0.0302. The van der Waals surface area contributed by atoms with Crippen molar-refractivity contribution in [3.8, 4) is 0 Å². The van der Waals surface area contributed by atoms with E-state index in [2.05, 4.69) is 57.1 Å². The molecule has 1 N–H and O–H groups in total. The number of aryl methyl sites for hydroxylation is 2. The number of carbonyl (C=O) groups is 1. The fraction of sp³-hybridized carbons (Fsp3) is 0.375. The van der Waals surface area contributed by atoms with E-state index >= 15 is 0 Å². The number of carbonyl (C=O) groups excluding carboxylic acids is 1.